The third kappa shape index (κ3) is 3.80. The Morgan fingerprint density at radius 1 is 0.917 bits per heavy atom. The number of hydrogen-bond donors (Lipinski definition) is 0. The molecule has 3 heteroatoms. The van der Waals surface area contributed by atoms with E-state index in [4.69, 9.17) is 0 Å². The molecule has 0 aromatic heterocycles. The summed E-state index contributed by atoms with van der Waals surface area (Å²) in [5, 5.41) is 0. The predicted molar refractivity (Wildman–Crippen MR) is 97.0 cm³/mol. The van der Waals surface area contributed by atoms with Crippen LogP contribution in [0.2, 0.25) is 0 Å². The number of nitrogens with zero attached hydrogens (tertiary/aromatic N) is 1. The molecule has 24 heavy (non-hydrogen) atoms. The standard InChI is InChI=1S/C21H21F2N/c1-24(15-21(22)23)14-6-11-20-18-9-4-2-7-16(18)12-13-17-8-3-5-10-19(17)20/h2-5,7-13,21H,6,14-15H2,1H3. The number of hydrogen-bond acceptors (Lipinski definition) is 1. The van der Waals surface area contributed by atoms with E-state index in [1.807, 2.05) is 24.3 Å². The van der Waals surface area contributed by atoms with Crippen LogP contribution in [0.15, 0.2) is 54.6 Å². The van der Waals surface area contributed by atoms with E-state index in [-0.39, 0.29) is 6.54 Å². The van der Waals surface area contributed by atoms with Gasteiger partial charge in [-0.2, -0.15) is 0 Å². The molecule has 0 aliphatic heterocycles. The molecule has 2 aromatic rings. The molecule has 1 nitrogen and oxygen atoms in total. The SMILES string of the molecule is CN(CCC=C1c2ccccc2C=Cc2ccccc21)CC(F)F. The molecular formula is C21H21F2N. The van der Waals surface area contributed by atoms with Gasteiger partial charge < -0.3 is 4.90 Å². The summed E-state index contributed by atoms with van der Waals surface area (Å²) in [5.41, 5.74) is 5.92. The first-order valence-electron chi connectivity index (χ1n) is 8.19. The summed E-state index contributed by atoms with van der Waals surface area (Å²) in [7, 11) is 1.74. The molecule has 0 fully saturated rings. The van der Waals surface area contributed by atoms with E-state index in [9.17, 15) is 8.78 Å². The lowest BCUT2D eigenvalue weighted by Gasteiger charge is -2.16. The largest absolute Gasteiger partial charge is 0.301 e. The van der Waals surface area contributed by atoms with Crippen molar-refractivity contribution in [3.63, 3.8) is 0 Å². The van der Waals surface area contributed by atoms with E-state index >= 15 is 0 Å². The first-order chi connectivity index (χ1) is 11.6. The van der Waals surface area contributed by atoms with Crippen LogP contribution in [0.1, 0.15) is 28.7 Å². The van der Waals surface area contributed by atoms with Crippen LogP contribution in [0.25, 0.3) is 17.7 Å². The minimum Gasteiger partial charge on any atom is -0.301 e. The van der Waals surface area contributed by atoms with Gasteiger partial charge in [-0.05, 0) is 41.3 Å². The van der Waals surface area contributed by atoms with E-state index in [2.05, 4.69) is 42.5 Å². The van der Waals surface area contributed by atoms with Crippen LogP contribution >= 0.6 is 0 Å². The normalized spacial score (nSPS) is 13.0. The zero-order chi connectivity index (χ0) is 16.9. The van der Waals surface area contributed by atoms with Gasteiger partial charge in [0.15, 0.2) is 0 Å². The zero-order valence-electron chi connectivity index (χ0n) is 13.8. The van der Waals surface area contributed by atoms with Gasteiger partial charge in [0.2, 0.25) is 0 Å². The van der Waals surface area contributed by atoms with Gasteiger partial charge in [-0.15, -0.1) is 0 Å². The quantitative estimate of drug-likeness (QED) is 0.624. The van der Waals surface area contributed by atoms with E-state index in [1.165, 1.54) is 27.8 Å². The Morgan fingerprint density at radius 2 is 1.46 bits per heavy atom. The van der Waals surface area contributed by atoms with Crippen molar-refractivity contribution in [3.8, 4) is 0 Å². The predicted octanol–water partition coefficient (Wildman–Crippen LogP) is 5.19. The van der Waals surface area contributed by atoms with Crippen LogP contribution in [0.5, 0.6) is 0 Å². The lowest BCUT2D eigenvalue weighted by atomic mass is 9.93. The summed E-state index contributed by atoms with van der Waals surface area (Å²) in [5.74, 6) is 0. The van der Waals surface area contributed by atoms with Gasteiger partial charge in [0.05, 0.1) is 6.54 Å². The fraction of sp³-hybridized carbons (Fsp3) is 0.238. The van der Waals surface area contributed by atoms with Crippen LogP contribution in [-0.4, -0.2) is 31.5 Å². The molecule has 0 spiro atoms. The molecule has 0 bridgehead atoms. The van der Waals surface area contributed by atoms with Crippen molar-refractivity contribution in [1.29, 1.82) is 0 Å². The summed E-state index contributed by atoms with van der Waals surface area (Å²) in [6.45, 7) is 0.434. The maximum atomic E-state index is 12.4. The molecule has 0 radical (unpaired) electrons. The van der Waals surface area contributed by atoms with E-state index in [1.54, 1.807) is 11.9 Å². The van der Waals surface area contributed by atoms with E-state index in [0.29, 0.717) is 6.54 Å². The topological polar surface area (TPSA) is 3.24 Å². The Balaban J connectivity index is 1.91. The fourth-order valence-corrected chi connectivity index (χ4v) is 3.08. The molecule has 2 aromatic carbocycles. The van der Waals surface area contributed by atoms with Crippen molar-refractivity contribution in [2.45, 2.75) is 12.8 Å². The van der Waals surface area contributed by atoms with Gasteiger partial charge in [0.25, 0.3) is 6.43 Å². The summed E-state index contributed by atoms with van der Waals surface area (Å²) >= 11 is 0. The average Bonchev–Trinajstić information content (AvgIpc) is 2.72. The highest BCUT2D eigenvalue weighted by Gasteiger charge is 2.14. The van der Waals surface area contributed by atoms with Crippen LogP contribution < -0.4 is 0 Å². The smallest absolute Gasteiger partial charge is 0.251 e. The highest BCUT2D eigenvalue weighted by atomic mass is 19.3. The second-order valence-corrected chi connectivity index (χ2v) is 6.07. The number of rotatable bonds is 5. The molecule has 0 unspecified atom stereocenters. The monoisotopic (exact) mass is 325 g/mol. The van der Waals surface area contributed by atoms with Crippen molar-refractivity contribution >= 4 is 17.7 Å². The Morgan fingerprint density at radius 3 is 2.00 bits per heavy atom. The van der Waals surface area contributed by atoms with Gasteiger partial charge in [-0.3, -0.25) is 0 Å². The van der Waals surface area contributed by atoms with Crippen molar-refractivity contribution < 1.29 is 8.78 Å². The number of halogens is 2. The lowest BCUT2D eigenvalue weighted by molar-refractivity contribution is 0.101. The zero-order valence-corrected chi connectivity index (χ0v) is 13.8. The van der Waals surface area contributed by atoms with Gasteiger partial charge in [-0.25, -0.2) is 8.78 Å². The van der Waals surface area contributed by atoms with Crippen LogP contribution in [0, 0.1) is 0 Å². The van der Waals surface area contributed by atoms with Crippen LogP contribution in [-0.2, 0) is 0 Å². The second-order valence-electron chi connectivity index (χ2n) is 6.07. The van der Waals surface area contributed by atoms with Gasteiger partial charge >= 0.3 is 0 Å². The summed E-state index contributed by atoms with van der Waals surface area (Å²) < 4.78 is 24.9. The average molecular weight is 325 g/mol. The number of benzene rings is 2. The number of fused-ring (bicyclic) bond motifs is 2. The van der Waals surface area contributed by atoms with Crippen LogP contribution in [0.3, 0.4) is 0 Å². The van der Waals surface area contributed by atoms with Gasteiger partial charge in [0.1, 0.15) is 0 Å². The molecule has 3 rings (SSSR count). The summed E-state index contributed by atoms with van der Waals surface area (Å²) in [6.07, 6.45) is 4.90. The van der Waals surface area contributed by atoms with Crippen molar-refractivity contribution in [2.75, 3.05) is 20.1 Å². The van der Waals surface area contributed by atoms with E-state index in [0.717, 1.165) is 6.42 Å². The molecule has 0 heterocycles. The van der Waals surface area contributed by atoms with Crippen molar-refractivity contribution in [1.82, 2.24) is 4.90 Å². The van der Waals surface area contributed by atoms with Gasteiger partial charge in [-0.1, -0.05) is 66.8 Å². The molecule has 0 amide bonds. The Bertz CT molecular complexity index is 710. The van der Waals surface area contributed by atoms with Gasteiger partial charge in [0, 0.05) is 6.54 Å². The first kappa shape index (κ1) is 16.6. The fourth-order valence-electron chi connectivity index (χ4n) is 3.08. The molecule has 0 saturated heterocycles. The maximum absolute atomic E-state index is 12.4. The second kappa shape index (κ2) is 7.54. The Labute approximate surface area is 141 Å². The molecule has 0 N–H and O–H groups in total. The third-order valence-electron chi connectivity index (χ3n) is 4.25. The van der Waals surface area contributed by atoms with E-state index < -0.39 is 6.43 Å². The molecule has 0 saturated carbocycles. The highest BCUT2D eigenvalue weighted by Crippen LogP contribution is 2.33. The van der Waals surface area contributed by atoms with Crippen molar-refractivity contribution in [3.05, 3.63) is 76.9 Å². The Hall–Kier alpha value is -2.26. The highest BCUT2D eigenvalue weighted by molar-refractivity contribution is 5.93. The first-order valence-corrected chi connectivity index (χ1v) is 8.19. The molecule has 0 atom stereocenters. The summed E-state index contributed by atoms with van der Waals surface area (Å²) in [6, 6.07) is 16.6. The van der Waals surface area contributed by atoms with Crippen molar-refractivity contribution in [2.24, 2.45) is 0 Å². The maximum Gasteiger partial charge on any atom is 0.251 e. The molecular weight excluding hydrogens is 304 g/mol. The minimum atomic E-state index is -2.29. The minimum absolute atomic E-state index is 0.183. The lowest BCUT2D eigenvalue weighted by Crippen LogP contribution is -2.25. The number of alkyl halides is 2. The molecule has 1 aliphatic rings. The summed E-state index contributed by atoms with van der Waals surface area (Å²) in [4.78, 5) is 1.68. The Kier molecular flexibility index (Phi) is 5.21. The molecule has 1 aliphatic carbocycles. The van der Waals surface area contributed by atoms with Crippen LogP contribution in [0.4, 0.5) is 8.78 Å². The molecule has 124 valence electrons. The third-order valence-corrected chi connectivity index (χ3v) is 4.25.